The highest BCUT2D eigenvalue weighted by Crippen LogP contribution is 2.55. The fourth-order valence-corrected chi connectivity index (χ4v) is 6.29. The van der Waals surface area contributed by atoms with Crippen molar-refractivity contribution in [2.45, 2.75) is 65.3 Å². The average molecular weight is 325 g/mol. The predicted molar refractivity (Wildman–Crippen MR) is 98.0 cm³/mol. The van der Waals surface area contributed by atoms with Crippen LogP contribution in [-0.4, -0.2) is 23.9 Å². The lowest BCUT2D eigenvalue weighted by Gasteiger charge is -2.56. The molecule has 4 fully saturated rings. The summed E-state index contributed by atoms with van der Waals surface area (Å²) in [6.07, 6.45) is 7.53. The van der Waals surface area contributed by atoms with Crippen LogP contribution in [0.15, 0.2) is 12.1 Å². The van der Waals surface area contributed by atoms with Gasteiger partial charge in [0.1, 0.15) is 0 Å². The lowest BCUT2D eigenvalue weighted by Crippen LogP contribution is -2.56. The van der Waals surface area contributed by atoms with Crippen LogP contribution in [0.5, 0.6) is 0 Å². The quantitative estimate of drug-likeness (QED) is 0.804. The third-order valence-electron chi connectivity index (χ3n) is 7.28. The number of hydrogen-bond acceptors (Lipinski definition) is 1. The Morgan fingerprint density at radius 3 is 2.17 bits per heavy atom. The van der Waals surface area contributed by atoms with E-state index in [1.165, 1.54) is 54.4 Å². The van der Waals surface area contributed by atoms with Gasteiger partial charge in [-0.2, -0.15) is 0 Å². The van der Waals surface area contributed by atoms with E-state index in [1.807, 2.05) is 0 Å². The Morgan fingerprint density at radius 1 is 1.00 bits per heavy atom. The van der Waals surface area contributed by atoms with E-state index in [1.54, 1.807) is 0 Å². The molecule has 4 aliphatic rings. The first kappa shape index (κ1) is 16.2. The molecule has 0 radical (unpaired) electrons. The smallest absolute Gasteiger partial charge is 0.227 e. The van der Waals surface area contributed by atoms with Gasteiger partial charge >= 0.3 is 0 Å². The molecule has 0 unspecified atom stereocenters. The Bertz CT molecular complexity index is 634. The zero-order valence-corrected chi connectivity index (χ0v) is 15.6. The first-order valence-corrected chi connectivity index (χ1v) is 9.74. The Kier molecular flexibility index (Phi) is 3.97. The molecule has 4 saturated carbocycles. The first-order chi connectivity index (χ1) is 11.4. The zero-order valence-electron chi connectivity index (χ0n) is 15.6. The number of hydrogen-bond donors (Lipinski definition) is 0. The van der Waals surface area contributed by atoms with Gasteiger partial charge in [-0.3, -0.25) is 4.79 Å². The number of amides is 1. The highest BCUT2D eigenvalue weighted by atomic mass is 16.2. The van der Waals surface area contributed by atoms with E-state index in [0.29, 0.717) is 18.4 Å². The summed E-state index contributed by atoms with van der Waals surface area (Å²) in [5.41, 5.74) is 5.06. The van der Waals surface area contributed by atoms with Crippen molar-refractivity contribution in [2.24, 2.45) is 23.7 Å². The second kappa shape index (κ2) is 5.89. The Morgan fingerprint density at radius 2 is 1.58 bits per heavy atom. The number of aryl methyl sites for hydroxylation is 2. The van der Waals surface area contributed by atoms with Crippen LogP contribution >= 0.6 is 0 Å². The highest BCUT2D eigenvalue weighted by Gasteiger charge is 2.50. The van der Waals surface area contributed by atoms with Gasteiger partial charge in [-0.05, 0) is 93.2 Å². The largest absolute Gasteiger partial charge is 0.342 e. The average Bonchev–Trinajstić information content (AvgIpc) is 2.50. The molecule has 1 aromatic carbocycles. The normalized spacial score (nSPS) is 33.8. The molecule has 0 atom stereocenters. The molecule has 5 rings (SSSR count). The monoisotopic (exact) mass is 325 g/mol. The summed E-state index contributed by atoms with van der Waals surface area (Å²) < 4.78 is 0. The van der Waals surface area contributed by atoms with Crippen LogP contribution < -0.4 is 0 Å². The Hall–Kier alpha value is -1.31. The van der Waals surface area contributed by atoms with Crippen LogP contribution in [0.3, 0.4) is 0 Å². The number of benzene rings is 1. The Balaban J connectivity index is 1.51. The lowest BCUT2D eigenvalue weighted by atomic mass is 9.54. The highest BCUT2D eigenvalue weighted by molar-refractivity contribution is 5.79. The van der Waals surface area contributed by atoms with Gasteiger partial charge in [-0.15, -0.1) is 0 Å². The summed E-state index contributed by atoms with van der Waals surface area (Å²) in [4.78, 5) is 15.2. The van der Waals surface area contributed by atoms with Gasteiger partial charge < -0.3 is 4.90 Å². The topological polar surface area (TPSA) is 20.3 Å². The molecule has 0 aromatic heterocycles. The maximum absolute atomic E-state index is 13.0. The number of rotatable bonds is 3. The molecular formula is C22H31NO. The molecule has 0 heterocycles. The van der Waals surface area contributed by atoms with Crippen molar-refractivity contribution in [3.63, 3.8) is 0 Å². The Labute approximate surface area is 146 Å². The van der Waals surface area contributed by atoms with E-state index in [4.69, 9.17) is 0 Å². The molecule has 24 heavy (non-hydrogen) atoms. The second-order valence-corrected chi connectivity index (χ2v) is 8.97. The van der Waals surface area contributed by atoms with E-state index < -0.39 is 0 Å². The summed E-state index contributed by atoms with van der Waals surface area (Å²) in [6.45, 7) is 6.43. The maximum Gasteiger partial charge on any atom is 0.227 e. The third-order valence-corrected chi connectivity index (χ3v) is 7.28. The fraction of sp³-hybridized carbons (Fsp3) is 0.682. The number of likely N-dealkylation sites (N-methyl/N-ethyl adjacent to an activating group) is 1. The number of carbonyl (C=O) groups is 1. The summed E-state index contributed by atoms with van der Waals surface area (Å²) in [7, 11) is 2.08. The van der Waals surface area contributed by atoms with Gasteiger partial charge in [-0.25, -0.2) is 0 Å². The van der Waals surface area contributed by atoms with Crippen molar-refractivity contribution >= 4 is 5.91 Å². The molecule has 0 saturated heterocycles. The molecule has 2 heteroatoms. The van der Waals surface area contributed by atoms with Crippen LogP contribution in [0.4, 0.5) is 0 Å². The van der Waals surface area contributed by atoms with Crippen LogP contribution in [0.1, 0.15) is 54.4 Å². The van der Waals surface area contributed by atoms with Gasteiger partial charge in [-0.1, -0.05) is 17.7 Å². The van der Waals surface area contributed by atoms with Crippen LogP contribution in [0.25, 0.3) is 0 Å². The molecule has 1 amide bonds. The van der Waals surface area contributed by atoms with Crippen molar-refractivity contribution in [3.05, 3.63) is 34.4 Å². The second-order valence-electron chi connectivity index (χ2n) is 8.97. The van der Waals surface area contributed by atoms with E-state index >= 15 is 0 Å². The minimum Gasteiger partial charge on any atom is -0.342 e. The SMILES string of the molecule is Cc1cc(C)c(C)c(CC(=O)N(C)C2C3CC4CC(C3)CC2C4)c1. The maximum atomic E-state index is 13.0. The molecule has 4 bridgehead atoms. The molecular weight excluding hydrogens is 294 g/mol. The fourth-order valence-electron chi connectivity index (χ4n) is 6.29. The summed E-state index contributed by atoms with van der Waals surface area (Å²) in [5, 5.41) is 0. The minimum atomic E-state index is 0.320. The number of carbonyl (C=O) groups excluding carboxylic acids is 1. The lowest BCUT2D eigenvalue weighted by molar-refractivity contribution is -0.140. The van der Waals surface area contributed by atoms with Gasteiger partial charge in [0.2, 0.25) is 5.91 Å². The van der Waals surface area contributed by atoms with Crippen LogP contribution in [-0.2, 0) is 11.2 Å². The van der Waals surface area contributed by atoms with Gasteiger partial charge in [0.05, 0.1) is 6.42 Å². The van der Waals surface area contributed by atoms with Gasteiger partial charge in [0.25, 0.3) is 0 Å². The molecule has 0 spiro atoms. The van der Waals surface area contributed by atoms with Crippen molar-refractivity contribution in [1.82, 2.24) is 4.90 Å². The van der Waals surface area contributed by atoms with Crippen LogP contribution in [0, 0.1) is 44.4 Å². The summed E-state index contributed by atoms with van der Waals surface area (Å²) >= 11 is 0. The molecule has 0 N–H and O–H groups in total. The molecule has 1 aromatic rings. The first-order valence-electron chi connectivity index (χ1n) is 9.74. The van der Waals surface area contributed by atoms with Gasteiger partial charge in [0, 0.05) is 13.1 Å². The zero-order chi connectivity index (χ0) is 17.0. The third kappa shape index (κ3) is 2.68. The number of nitrogens with zero attached hydrogens (tertiary/aromatic N) is 1. The van der Waals surface area contributed by atoms with E-state index in [-0.39, 0.29) is 0 Å². The van der Waals surface area contributed by atoms with E-state index in [0.717, 1.165) is 23.7 Å². The van der Waals surface area contributed by atoms with Crippen LogP contribution in [0.2, 0.25) is 0 Å². The summed E-state index contributed by atoms with van der Waals surface area (Å²) in [5.74, 6) is 3.80. The summed E-state index contributed by atoms with van der Waals surface area (Å²) in [6, 6.07) is 4.92. The molecule has 0 aliphatic heterocycles. The molecule has 2 nitrogen and oxygen atoms in total. The van der Waals surface area contributed by atoms with E-state index in [9.17, 15) is 4.79 Å². The van der Waals surface area contributed by atoms with Crippen molar-refractivity contribution < 1.29 is 4.79 Å². The van der Waals surface area contributed by atoms with Gasteiger partial charge in [0.15, 0.2) is 0 Å². The standard InChI is InChI=1S/C22H31NO/c1-13-5-14(2)15(3)18(6-13)12-21(24)23(4)22-19-8-16-7-17(10-19)11-20(22)9-16/h5-6,16-17,19-20,22H,7-12H2,1-4H3. The molecule has 4 aliphatic carbocycles. The van der Waals surface area contributed by atoms with Crippen molar-refractivity contribution in [2.75, 3.05) is 7.05 Å². The minimum absolute atomic E-state index is 0.320. The van der Waals surface area contributed by atoms with Crippen molar-refractivity contribution in [1.29, 1.82) is 0 Å². The molecule has 130 valence electrons. The van der Waals surface area contributed by atoms with Crippen molar-refractivity contribution in [3.8, 4) is 0 Å². The predicted octanol–water partition coefficient (Wildman–Crippen LogP) is 4.44. The van der Waals surface area contributed by atoms with E-state index in [2.05, 4.69) is 44.9 Å².